The summed E-state index contributed by atoms with van der Waals surface area (Å²) in [4.78, 5) is 12.2. The van der Waals surface area contributed by atoms with Crippen LogP contribution in [0.15, 0.2) is 18.2 Å². The van der Waals surface area contributed by atoms with E-state index in [9.17, 15) is 17.6 Å². The molecule has 1 saturated heterocycles. The van der Waals surface area contributed by atoms with Gasteiger partial charge in [0.25, 0.3) is 0 Å². The molecule has 1 aliphatic rings. The summed E-state index contributed by atoms with van der Waals surface area (Å²) in [5.41, 5.74) is 0.952. The first-order valence-corrected chi connectivity index (χ1v) is 8.99. The fourth-order valence-electron chi connectivity index (χ4n) is 2.54. The molecule has 0 spiro atoms. The number of benzene rings is 1. The van der Waals surface area contributed by atoms with E-state index in [-0.39, 0.29) is 23.3 Å². The first-order chi connectivity index (χ1) is 10.3. The number of nitrogens with zero attached hydrogens (tertiary/aromatic N) is 1. The molecule has 7 heteroatoms. The number of nitrogens with one attached hydrogen (secondary N) is 1. The van der Waals surface area contributed by atoms with Crippen LogP contribution in [0.3, 0.4) is 0 Å². The topological polar surface area (TPSA) is 66.5 Å². The van der Waals surface area contributed by atoms with E-state index in [1.165, 1.54) is 10.4 Å². The number of piperidine rings is 1. The number of aryl methyl sites for hydroxylation is 1. The Morgan fingerprint density at radius 3 is 2.55 bits per heavy atom. The van der Waals surface area contributed by atoms with Gasteiger partial charge >= 0.3 is 0 Å². The Morgan fingerprint density at radius 2 is 2.00 bits per heavy atom. The summed E-state index contributed by atoms with van der Waals surface area (Å²) in [5.74, 6) is -0.932. The standard InChI is InChI=1S/C15H21FN2O3S/c1-3-22(20,21)18-8-6-12(7-9-18)15(19)17-14-5-4-11(2)10-13(14)16/h4-5,10,12H,3,6-9H2,1-2H3,(H,17,19). The number of sulfonamides is 1. The zero-order valence-electron chi connectivity index (χ0n) is 12.8. The molecule has 2 rings (SSSR count). The average molecular weight is 328 g/mol. The Balaban J connectivity index is 1.95. The maximum absolute atomic E-state index is 13.7. The lowest BCUT2D eigenvalue weighted by molar-refractivity contribution is -0.120. The number of anilines is 1. The predicted octanol–water partition coefficient (Wildman–Crippen LogP) is 2.13. The molecule has 0 aromatic heterocycles. The van der Waals surface area contributed by atoms with Crippen molar-refractivity contribution in [2.45, 2.75) is 26.7 Å². The molecule has 0 saturated carbocycles. The fourth-order valence-corrected chi connectivity index (χ4v) is 3.67. The molecule has 5 nitrogen and oxygen atoms in total. The maximum atomic E-state index is 13.7. The van der Waals surface area contributed by atoms with Crippen LogP contribution in [0.25, 0.3) is 0 Å². The van der Waals surface area contributed by atoms with Crippen molar-refractivity contribution in [3.63, 3.8) is 0 Å². The van der Waals surface area contributed by atoms with E-state index in [1.54, 1.807) is 26.0 Å². The summed E-state index contributed by atoms with van der Waals surface area (Å²) in [7, 11) is -3.20. The second kappa shape index (κ2) is 6.75. The van der Waals surface area contributed by atoms with Gasteiger partial charge in [0.1, 0.15) is 5.82 Å². The molecule has 1 fully saturated rings. The van der Waals surface area contributed by atoms with Crippen molar-refractivity contribution >= 4 is 21.6 Å². The van der Waals surface area contributed by atoms with Gasteiger partial charge in [0, 0.05) is 19.0 Å². The third-order valence-electron chi connectivity index (χ3n) is 3.97. The SMILES string of the molecule is CCS(=O)(=O)N1CCC(C(=O)Nc2ccc(C)cc2F)CC1. The van der Waals surface area contributed by atoms with Crippen molar-refractivity contribution in [1.29, 1.82) is 0 Å². The summed E-state index contributed by atoms with van der Waals surface area (Å²) in [5, 5.41) is 2.59. The van der Waals surface area contributed by atoms with E-state index in [0.717, 1.165) is 5.56 Å². The first kappa shape index (κ1) is 16.9. The molecule has 0 atom stereocenters. The third kappa shape index (κ3) is 3.84. The quantitative estimate of drug-likeness (QED) is 0.921. The number of halogens is 1. The Kier molecular flexibility index (Phi) is 5.18. The van der Waals surface area contributed by atoms with E-state index >= 15 is 0 Å². The predicted molar refractivity (Wildman–Crippen MR) is 83.5 cm³/mol. The summed E-state index contributed by atoms with van der Waals surface area (Å²) in [6.07, 6.45) is 0.914. The van der Waals surface area contributed by atoms with Gasteiger partial charge in [0.05, 0.1) is 11.4 Å². The molecule has 1 aromatic rings. The molecule has 1 heterocycles. The van der Waals surface area contributed by atoms with Gasteiger partial charge in [0.15, 0.2) is 0 Å². The molecule has 0 unspecified atom stereocenters. The number of hydrogen-bond donors (Lipinski definition) is 1. The fraction of sp³-hybridized carbons (Fsp3) is 0.533. The minimum Gasteiger partial charge on any atom is -0.323 e. The molecule has 0 radical (unpaired) electrons. The Hall–Kier alpha value is -1.47. The molecular weight excluding hydrogens is 307 g/mol. The highest BCUT2D eigenvalue weighted by molar-refractivity contribution is 7.89. The molecule has 1 aliphatic heterocycles. The van der Waals surface area contributed by atoms with Crippen LogP contribution in [-0.2, 0) is 14.8 Å². The maximum Gasteiger partial charge on any atom is 0.227 e. The molecule has 1 aromatic carbocycles. The van der Waals surface area contributed by atoms with Crippen LogP contribution >= 0.6 is 0 Å². The largest absolute Gasteiger partial charge is 0.323 e. The van der Waals surface area contributed by atoms with Crippen molar-refractivity contribution in [2.75, 3.05) is 24.2 Å². The zero-order valence-corrected chi connectivity index (χ0v) is 13.6. The summed E-state index contributed by atoms with van der Waals surface area (Å²) in [6, 6.07) is 4.64. The summed E-state index contributed by atoms with van der Waals surface area (Å²) >= 11 is 0. The van der Waals surface area contributed by atoms with Gasteiger partial charge in [-0.05, 0) is 44.4 Å². The van der Waals surface area contributed by atoms with Crippen molar-refractivity contribution in [3.05, 3.63) is 29.6 Å². The molecule has 122 valence electrons. The van der Waals surface area contributed by atoms with E-state index in [4.69, 9.17) is 0 Å². The first-order valence-electron chi connectivity index (χ1n) is 7.38. The number of rotatable bonds is 4. The van der Waals surface area contributed by atoms with E-state index in [2.05, 4.69) is 5.32 Å². The number of carbonyl (C=O) groups is 1. The highest BCUT2D eigenvalue weighted by Gasteiger charge is 2.30. The lowest BCUT2D eigenvalue weighted by atomic mass is 9.97. The van der Waals surface area contributed by atoms with Crippen LogP contribution in [0.5, 0.6) is 0 Å². The van der Waals surface area contributed by atoms with Crippen LogP contribution in [0.1, 0.15) is 25.3 Å². The Bertz CT molecular complexity index is 653. The summed E-state index contributed by atoms with van der Waals surface area (Å²) in [6.45, 7) is 4.06. The van der Waals surface area contributed by atoms with Crippen molar-refractivity contribution in [3.8, 4) is 0 Å². The molecule has 1 N–H and O–H groups in total. The highest BCUT2D eigenvalue weighted by Crippen LogP contribution is 2.23. The van der Waals surface area contributed by atoms with E-state index in [0.29, 0.717) is 25.9 Å². The minimum absolute atomic E-state index is 0.0679. The smallest absolute Gasteiger partial charge is 0.227 e. The molecule has 22 heavy (non-hydrogen) atoms. The molecule has 1 amide bonds. The van der Waals surface area contributed by atoms with Crippen molar-refractivity contribution in [2.24, 2.45) is 5.92 Å². The van der Waals surface area contributed by atoms with Gasteiger partial charge in [-0.1, -0.05) is 6.07 Å². The minimum atomic E-state index is -3.20. The van der Waals surface area contributed by atoms with Gasteiger partial charge < -0.3 is 5.32 Å². The second-order valence-corrected chi connectivity index (χ2v) is 7.80. The highest BCUT2D eigenvalue weighted by atomic mass is 32.2. The zero-order chi connectivity index (χ0) is 16.3. The molecular formula is C15H21FN2O3S. The van der Waals surface area contributed by atoms with Crippen LogP contribution in [-0.4, -0.2) is 37.5 Å². The van der Waals surface area contributed by atoms with Gasteiger partial charge in [-0.15, -0.1) is 0 Å². The van der Waals surface area contributed by atoms with Gasteiger partial charge in [0.2, 0.25) is 15.9 Å². The van der Waals surface area contributed by atoms with Crippen molar-refractivity contribution < 1.29 is 17.6 Å². The number of hydrogen-bond acceptors (Lipinski definition) is 3. The van der Waals surface area contributed by atoms with Gasteiger partial charge in [-0.3, -0.25) is 4.79 Å². The monoisotopic (exact) mass is 328 g/mol. The van der Waals surface area contributed by atoms with Gasteiger partial charge in [-0.25, -0.2) is 17.1 Å². The second-order valence-electron chi connectivity index (χ2n) is 5.55. The number of carbonyl (C=O) groups excluding carboxylic acids is 1. The van der Waals surface area contributed by atoms with E-state index < -0.39 is 15.8 Å². The van der Waals surface area contributed by atoms with Crippen molar-refractivity contribution in [1.82, 2.24) is 4.31 Å². The average Bonchev–Trinajstić information content (AvgIpc) is 2.50. The van der Waals surface area contributed by atoms with E-state index in [1.807, 2.05) is 0 Å². The lowest BCUT2D eigenvalue weighted by Gasteiger charge is -2.30. The normalized spacial score (nSPS) is 17.4. The van der Waals surface area contributed by atoms with Crippen LogP contribution in [0.2, 0.25) is 0 Å². The van der Waals surface area contributed by atoms with Crippen LogP contribution < -0.4 is 5.32 Å². The van der Waals surface area contributed by atoms with Gasteiger partial charge in [-0.2, -0.15) is 0 Å². The Morgan fingerprint density at radius 1 is 1.36 bits per heavy atom. The van der Waals surface area contributed by atoms with Crippen LogP contribution in [0, 0.1) is 18.7 Å². The molecule has 0 aliphatic carbocycles. The molecule has 0 bridgehead atoms. The van der Waals surface area contributed by atoms with Crippen LogP contribution in [0.4, 0.5) is 10.1 Å². The third-order valence-corrected chi connectivity index (χ3v) is 5.85. The summed E-state index contributed by atoms with van der Waals surface area (Å²) < 4.78 is 38.7. The lowest BCUT2D eigenvalue weighted by Crippen LogP contribution is -2.42. The Labute approximate surface area is 130 Å². The number of amides is 1.